The molecule has 0 bridgehead atoms. The molecular weight excluding hydrogens is 258 g/mol. The van der Waals surface area contributed by atoms with Gasteiger partial charge in [-0.1, -0.05) is 13.8 Å². The molecule has 11 heavy (non-hydrogen) atoms. The van der Waals surface area contributed by atoms with Crippen LogP contribution >= 0.6 is 8.58 Å². The van der Waals surface area contributed by atoms with Crippen molar-refractivity contribution in [3.05, 3.63) is 0 Å². The molecule has 0 aliphatic carbocycles. The first kappa shape index (κ1) is 12.2. The molecule has 2 atom stereocenters. The molecular formula is C9H22PSn. The fourth-order valence-corrected chi connectivity index (χ4v) is 2.82. The second-order valence-corrected chi connectivity index (χ2v) is 14.0. The van der Waals surface area contributed by atoms with E-state index in [4.69, 9.17) is 0 Å². The summed E-state index contributed by atoms with van der Waals surface area (Å²) in [4.78, 5) is 7.09. The monoisotopic (exact) mass is 281 g/mol. The van der Waals surface area contributed by atoms with Crippen molar-refractivity contribution in [3.63, 3.8) is 0 Å². The fraction of sp³-hybridized carbons (Fsp3) is 1.00. The van der Waals surface area contributed by atoms with Gasteiger partial charge >= 0.3 is 34.6 Å². The molecule has 1 aliphatic rings. The van der Waals surface area contributed by atoms with Gasteiger partial charge in [0, 0.05) is 0 Å². The second kappa shape index (κ2) is 6.71. The van der Waals surface area contributed by atoms with E-state index in [2.05, 4.69) is 28.7 Å². The summed E-state index contributed by atoms with van der Waals surface area (Å²) < 4.78 is 0. The Balaban J connectivity index is 0.000000218. The van der Waals surface area contributed by atoms with Crippen molar-refractivity contribution in [2.24, 2.45) is 11.8 Å². The van der Waals surface area contributed by atoms with Gasteiger partial charge in [0.05, 0.1) is 0 Å². The average molecular weight is 280 g/mol. The first-order valence-electron chi connectivity index (χ1n) is 4.51. The van der Waals surface area contributed by atoms with Crippen molar-refractivity contribution in [3.8, 4) is 0 Å². The Kier molecular flexibility index (Phi) is 7.46. The van der Waals surface area contributed by atoms with Gasteiger partial charge in [0.25, 0.3) is 0 Å². The predicted molar refractivity (Wildman–Crippen MR) is 59.7 cm³/mol. The van der Waals surface area contributed by atoms with Crippen LogP contribution in [0.1, 0.15) is 13.8 Å². The molecule has 1 saturated heterocycles. The predicted octanol–water partition coefficient (Wildman–Crippen LogP) is 3.32. The Labute approximate surface area is 81.1 Å². The van der Waals surface area contributed by atoms with E-state index in [1.165, 1.54) is 20.9 Å². The van der Waals surface area contributed by atoms with Crippen molar-refractivity contribution in [2.75, 3.05) is 12.3 Å². The summed E-state index contributed by atoms with van der Waals surface area (Å²) in [7, 11) is 1.27. The van der Waals surface area contributed by atoms with Crippen molar-refractivity contribution in [1.82, 2.24) is 0 Å². The first-order valence-corrected chi connectivity index (χ1v) is 14.5. The minimum absolute atomic E-state index is 0.543. The third kappa shape index (κ3) is 7.58. The van der Waals surface area contributed by atoms with Crippen LogP contribution in [-0.2, 0) is 0 Å². The Morgan fingerprint density at radius 1 is 1.00 bits per heavy atom. The third-order valence-corrected chi connectivity index (χ3v) is 3.77. The first-order chi connectivity index (χ1) is 5.04. The van der Waals surface area contributed by atoms with Crippen LogP contribution in [0, 0.1) is 11.8 Å². The summed E-state index contributed by atoms with van der Waals surface area (Å²) >= 11 is -0.543. The van der Waals surface area contributed by atoms with Gasteiger partial charge in [0.2, 0.25) is 0 Å². The molecule has 0 nitrogen and oxygen atoms in total. The van der Waals surface area contributed by atoms with Gasteiger partial charge in [-0.25, -0.2) is 0 Å². The van der Waals surface area contributed by atoms with Crippen LogP contribution in [0.3, 0.4) is 0 Å². The standard InChI is InChI=1S/C6H13P.3CH3.Sn/c1-5-3-7-4-6(5)2;;;;/h5-7H,3-4H2,1-2H3;3*1H3;. The van der Waals surface area contributed by atoms with Gasteiger partial charge in [-0.2, -0.15) is 0 Å². The second-order valence-electron chi connectivity index (χ2n) is 4.11. The van der Waals surface area contributed by atoms with Crippen LogP contribution < -0.4 is 0 Å². The van der Waals surface area contributed by atoms with Crippen molar-refractivity contribution in [2.45, 2.75) is 28.7 Å². The summed E-state index contributed by atoms with van der Waals surface area (Å²) in [5, 5.41) is 0. The Hall–Kier alpha value is 1.23. The molecule has 67 valence electrons. The Morgan fingerprint density at radius 2 is 1.27 bits per heavy atom. The van der Waals surface area contributed by atoms with Crippen molar-refractivity contribution < 1.29 is 0 Å². The summed E-state index contributed by atoms with van der Waals surface area (Å²) in [5.74, 6) is 2.05. The van der Waals surface area contributed by atoms with Crippen LogP contribution in [0.4, 0.5) is 0 Å². The maximum absolute atomic E-state index is 2.37. The van der Waals surface area contributed by atoms with Crippen molar-refractivity contribution in [1.29, 1.82) is 0 Å². The summed E-state index contributed by atoms with van der Waals surface area (Å²) in [6, 6.07) is 0. The van der Waals surface area contributed by atoms with Crippen LogP contribution in [0.5, 0.6) is 0 Å². The number of rotatable bonds is 0. The molecule has 1 rings (SSSR count). The van der Waals surface area contributed by atoms with Gasteiger partial charge in [0.15, 0.2) is 0 Å². The molecule has 0 aromatic heterocycles. The van der Waals surface area contributed by atoms with E-state index in [1.54, 1.807) is 0 Å². The molecule has 1 radical (unpaired) electrons. The van der Waals surface area contributed by atoms with Crippen LogP contribution in [0.15, 0.2) is 0 Å². The zero-order valence-corrected chi connectivity index (χ0v) is 12.4. The third-order valence-electron chi connectivity index (χ3n) is 1.90. The quantitative estimate of drug-likeness (QED) is 0.471. The van der Waals surface area contributed by atoms with Gasteiger partial charge < -0.3 is 0 Å². The Bertz CT molecular complexity index is 82.8. The van der Waals surface area contributed by atoms with Gasteiger partial charge in [-0.05, 0) is 24.2 Å². The molecule has 1 fully saturated rings. The van der Waals surface area contributed by atoms with E-state index in [1.807, 2.05) is 0 Å². The van der Waals surface area contributed by atoms with Crippen LogP contribution in [-0.4, -0.2) is 32.1 Å². The van der Waals surface area contributed by atoms with E-state index in [-0.39, 0.29) is 0 Å². The summed E-state index contributed by atoms with van der Waals surface area (Å²) in [5.41, 5.74) is 0. The summed E-state index contributed by atoms with van der Waals surface area (Å²) in [6.45, 7) is 4.73. The molecule has 0 aromatic carbocycles. The molecule has 1 aliphatic heterocycles. The van der Waals surface area contributed by atoms with Crippen LogP contribution in [0.2, 0.25) is 14.8 Å². The van der Waals surface area contributed by atoms with E-state index >= 15 is 0 Å². The number of hydrogen-bond donors (Lipinski definition) is 0. The normalized spacial score (nSPS) is 32.2. The molecule has 0 spiro atoms. The molecule has 2 unspecified atom stereocenters. The maximum atomic E-state index is 2.37. The van der Waals surface area contributed by atoms with Gasteiger partial charge in [0.1, 0.15) is 0 Å². The zero-order valence-electron chi connectivity index (χ0n) is 8.57. The molecule has 0 amide bonds. The zero-order chi connectivity index (χ0) is 8.85. The fourth-order valence-electron chi connectivity index (χ4n) is 0.941. The number of hydrogen-bond acceptors (Lipinski definition) is 0. The molecule has 1 heterocycles. The summed E-state index contributed by atoms with van der Waals surface area (Å²) in [6.07, 6.45) is 3.00. The van der Waals surface area contributed by atoms with E-state index in [0.29, 0.717) is 0 Å². The minimum atomic E-state index is -0.543. The van der Waals surface area contributed by atoms with Crippen molar-refractivity contribution >= 4 is 28.3 Å². The molecule has 2 heteroatoms. The van der Waals surface area contributed by atoms with Crippen LogP contribution in [0.25, 0.3) is 0 Å². The topological polar surface area (TPSA) is 0 Å². The van der Waals surface area contributed by atoms with E-state index in [9.17, 15) is 0 Å². The van der Waals surface area contributed by atoms with E-state index in [0.717, 1.165) is 11.8 Å². The molecule has 0 saturated carbocycles. The van der Waals surface area contributed by atoms with Gasteiger partial charge in [-0.3, -0.25) is 0 Å². The molecule has 0 N–H and O–H groups in total. The Morgan fingerprint density at radius 3 is 1.36 bits per heavy atom. The molecule has 0 aromatic rings. The average Bonchev–Trinajstić information content (AvgIpc) is 2.15. The van der Waals surface area contributed by atoms with Gasteiger partial charge in [-0.15, -0.1) is 8.58 Å². The van der Waals surface area contributed by atoms with E-state index < -0.39 is 19.8 Å². The SMILES string of the molecule is CC1CPCC1C.[CH3][Sn]([CH3])[CH3].